The second-order valence-electron chi connectivity index (χ2n) is 5.04. The van der Waals surface area contributed by atoms with Gasteiger partial charge in [-0.15, -0.1) is 0 Å². The van der Waals surface area contributed by atoms with Crippen LogP contribution in [0.25, 0.3) is 0 Å². The van der Waals surface area contributed by atoms with E-state index in [0.29, 0.717) is 31.7 Å². The number of rotatable bonds is 7. The van der Waals surface area contributed by atoms with Crippen LogP contribution in [0.15, 0.2) is 36.6 Å². The van der Waals surface area contributed by atoms with Gasteiger partial charge in [-0.25, -0.2) is 0 Å². The Kier molecular flexibility index (Phi) is 6.95. The Hall–Kier alpha value is -1.14. The van der Waals surface area contributed by atoms with Crippen LogP contribution in [-0.2, 0) is 4.74 Å². The summed E-state index contributed by atoms with van der Waals surface area (Å²) in [6.45, 7) is 8.80. The molecule has 0 saturated carbocycles. The molecule has 1 aliphatic rings. The number of ether oxygens (including phenoxy) is 1. The number of nitrogens with zero attached hydrogens (tertiary/aromatic N) is 1. The summed E-state index contributed by atoms with van der Waals surface area (Å²) in [5, 5.41) is 28.8. The number of likely N-dealkylation sites (tertiary alicyclic amines) is 1. The SMILES string of the molecule is C=C(/C=C\C(=C)OC)CCN1CC[C@@H](O)[C@H](O)[C@@H]1CO. The third-order valence-corrected chi connectivity index (χ3v) is 3.64. The molecule has 1 heterocycles. The number of aliphatic hydroxyl groups excluding tert-OH is 3. The Morgan fingerprint density at radius 3 is 2.65 bits per heavy atom. The van der Waals surface area contributed by atoms with Crippen molar-refractivity contribution >= 4 is 0 Å². The molecule has 114 valence electrons. The molecule has 0 unspecified atom stereocenters. The lowest BCUT2D eigenvalue weighted by atomic mass is 9.96. The summed E-state index contributed by atoms with van der Waals surface area (Å²) in [4.78, 5) is 1.99. The third kappa shape index (κ3) is 4.76. The largest absolute Gasteiger partial charge is 0.497 e. The third-order valence-electron chi connectivity index (χ3n) is 3.64. The van der Waals surface area contributed by atoms with E-state index < -0.39 is 18.2 Å². The summed E-state index contributed by atoms with van der Waals surface area (Å²) < 4.78 is 4.93. The zero-order chi connectivity index (χ0) is 15.1. The van der Waals surface area contributed by atoms with Crippen molar-refractivity contribution in [3.05, 3.63) is 36.6 Å². The minimum absolute atomic E-state index is 0.166. The maximum absolute atomic E-state index is 9.86. The molecule has 0 bridgehead atoms. The summed E-state index contributed by atoms with van der Waals surface area (Å²) in [5.41, 5.74) is 0.917. The highest BCUT2D eigenvalue weighted by Gasteiger charge is 2.35. The molecule has 0 radical (unpaired) electrons. The average Bonchev–Trinajstić information content (AvgIpc) is 2.45. The first-order chi connectivity index (χ1) is 9.49. The average molecular weight is 283 g/mol. The molecular formula is C15H25NO4. The molecule has 3 atom stereocenters. The fourth-order valence-corrected chi connectivity index (χ4v) is 2.26. The van der Waals surface area contributed by atoms with E-state index >= 15 is 0 Å². The van der Waals surface area contributed by atoms with E-state index in [1.807, 2.05) is 11.0 Å². The van der Waals surface area contributed by atoms with Crippen LogP contribution in [0.3, 0.4) is 0 Å². The molecule has 1 aliphatic heterocycles. The van der Waals surface area contributed by atoms with Crippen LogP contribution in [0, 0.1) is 0 Å². The normalized spacial score (nSPS) is 27.7. The van der Waals surface area contributed by atoms with Crippen LogP contribution in [0.1, 0.15) is 12.8 Å². The highest BCUT2D eigenvalue weighted by Crippen LogP contribution is 2.19. The van der Waals surface area contributed by atoms with Crippen LogP contribution in [0.2, 0.25) is 0 Å². The van der Waals surface area contributed by atoms with Gasteiger partial charge in [0.1, 0.15) is 5.76 Å². The number of hydrogen-bond donors (Lipinski definition) is 3. The van der Waals surface area contributed by atoms with E-state index in [-0.39, 0.29) is 6.61 Å². The lowest BCUT2D eigenvalue weighted by molar-refractivity contribution is -0.0890. The van der Waals surface area contributed by atoms with Gasteiger partial charge in [0.2, 0.25) is 0 Å². The Morgan fingerprint density at radius 1 is 1.35 bits per heavy atom. The second-order valence-corrected chi connectivity index (χ2v) is 5.04. The van der Waals surface area contributed by atoms with Crippen molar-refractivity contribution in [2.45, 2.75) is 31.1 Å². The molecule has 5 heteroatoms. The van der Waals surface area contributed by atoms with E-state index in [2.05, 4.69) is 13.2 Å². The fourth-order valence-electron chi connectivity index (χ4n) is 2.26. The lowest BCUT2D eigenvalue weighted by Crippen LogP contribution is -2.56. The number of aliphatic hydroxyl groups is 3. The molecule has 1 fully saturated rings. The van der Waals surface area contributed by atoms with Gasteiger partial charge in [-0.1, -0.05) is 24.8 Å². The fraction of sp³-hybridized carbons (Fsp3) is 0.600. The Balaban J connectivity index is 2.46. The molecule has 5 nitrogen and oxygen atoms in total. The van der Waals surface area contributed by atoms with Crippen molar-refractivity contribution in [1.29, 1.82) is 0 Å². The number of hydrogen-bond acceptors (Lipinski definition) is 5. The molecule has 0 amide bonds. The molecule has 0 spiro atoms. The van der Waals surface area contributed by atoms with E-state index in [9.17, 15) is 15.3 Å². The summed E-state index contributed by atoms with van der Waals surface area (Å²) >= 11 is 0. The van der Waals surface area contributed by atoms with E-state index in [0.717, 1.165) is 5.57 Å². The highest BCUT2D eigenvalue weighted by molar-refractivity contribution is 5.21. The van der Waals surface area contributed by atoms with Gasteiger partial charge in [-0.05, 0) is 18.9 Å². The van der Waals surface area contributed by atoms with Crippen LogP contribution >= 0.6 is 0 Å². The Bertz CT molecular complexity index is 367. The molecule has 0 aliphatic carbocycles. The number of allylic oxidation sites excluding steroid dienone is 2. The molecule has 0 aromatic carbocycles. The Morgan fingerprint density at radius 2 is 2.05 bits per heavy atom. The first kappa shape index (κ1) is 16.9. The predicted octanol–water partition coefficient (Wildman–Crippen LogP) is 0.437. The molecule has 1 saturated heterocycles. The molecule has 1 rings (SSSR count). The summed E-state index contributed by atoms with van der Waals surface area (Å²) in [7, 11) is 1.56. The van der Waals surface area contributed by atoms with Crippen molar-refractivity contribution < 1.29 is 20.1 Å². The minimum Gasteiger partial charge on any atom is -0.497 e. The van der Waals surface area contributed by atoms with Crippen molar-refractivity contribution in [3.8, 4) is 0 Å². The van der Waals surface area contributed by atoms with Crippen molar-refractivity contribution in [1.82, 2.24) is 4.90 Å². The monoisotopic (exact) mass is 283 g/mol. The zero-order valence-corrected chi connectivity index (χ0v) is 12.0. The first-order valence-corrected chi connectivity index (χ1v) is 6.79. The van der Waals surface area contributed by atoms with Gasteiger partial charge in [-0.2, -0.15) is 0 Å². The van der Waals surface area contributed by atoms with E-state index in [1.165, 1.54) is 0 Å². The smallest absolute Gasteiger partial charge is 0.111 e. The summed E-state index contributed by atoms with van der Waals surface area (Å²) in [5.74, 6) is 0.566. The van der Waals surface area contributed by atoms with E-state index in [4.69, 9.17) is 4.74 Å². The van der Waals surface area contributed by atoms with Gasteiger partial charge >= 0.3 is 0 Å². The minimum atomic E-state index is -0.897. The maximum Gasteiger partial charge on any atom is 0.111 e. The highest BCUT2D eigenvalue weighted by atomic mass is 16.5. The van der Waals surface area contributed by atoms with Crippen molar-refractivity contribution in [2.75, 3.05) is 26.8 Å². The second kappa shape index (κ2) is 8.21. The zero-order valence-electron chi connectivity index (χ0n) is 12.0. The molecule has 0 aromatic heterocycles. The predicted molar refractivity (Wildman–Crippen MR) is 78.1 cm³/mol. The van der Waals surface area contributed by atoms with Crippen LogP contribution in [0.5, 0.6) is 0 Å². The Labute approximate surface area is 120 Å². The topological polar surface area (TPSA) is 73.2 Å². The number of piperidine rings is 1. The summed E-state index contributed by atoms with van der Waals surface area (Å²) in [6, 6.07) is -0.413. The molecule has 3 N–H and O–H groups in total. The van der Waals surface area contributed by atoms with Gasteiger partial charge < -0.3 is 20.1 Å². The van der Waals surface area contributed by atoms with Crippen LogP contribution in [0.4, 0.5) is 0 Å². The quantitative estimate of drug-likeness (QED) is 0.467. The van der Waals surface area contributed by atoms with E-state index in [1.54, 1.807) is 13.2 Å². The molecule has 0 aromatic rings. The van der Waals surface area contributed by atoms with Crippen molar-refractivity contribution in [3.63, 3.8) is 0 Å². The lowest BCUT2D eigenvalue weighted by Gasteiger charge is -2.40. The van der Waals surface area contributed by atoms with Crippen LogP contribution in [-0.4, -0.2) is 65.3 Å². The molecular weight excluding hydrogens is 258 g/mol. The molecule has 20 heavy (non-hydrogen) atoms. The van der Waals surface area contributed by atoms with Crippen LogP contribution < -0.4 is 0 Å². The van der Waals surface area contributed by atoms with Gasteiger partial charge in [-0.3, -0.25) is 4.90 Å². The number of methoxy groups -OCH3 is 1. The van der Waals surface area contributed by atoms with Gasteiger partial charge in [0, 0.05) is 13.1 Å². The summed E-state index contributed by atoms with van der Waals surface area (Å²) in [6.07, 6.45) is 3.17. The maximum atomic E-state index is 9.86. The van der Waals surface area contributed by atoms with Gasteiger partial charge in [0.15, 0.2) is 0 Å². The first-order valence-electron chi connectivity index (χ1n) is 6.79. The standard InChI is InChI=1S/C15H25NO4/c1-11(4-5-12(2)20-3)6-8-16-9-7-14(18)15(19)13(16)10-17/h4-5,13-15,17-19H,1-2,6-10H2,3H3/b5-4-/t13-,14+,15+/m0/s1. The van der Waals surface area contributed by atoms with Gasteiger partial charge in [0.25, 0.3) is 0 Å². The van der Waals surface area contributed by atoms with Gasteiger partial charge in [0.05, 0.1) is 32.0 Å². The van der Waals surface area contributed by atoms with Crippen molar-refractivity contribution in [2.24, 2.45) is 0 Å².